The Balaban J connectivity index is 1.98. The number of hydrogen-bond donors (Lipinski definition) is 1. The van der Waals surface area contributed by atoms with E-state index in [4.69, 9.17) is 9.47 Å². The van der Waals surface area contributed by atoms with Gasteiger partial charge in [0.1, 0.15) is 5.82 Å². The minimum Gasteiger partial charge on any atom is -0.493 e. The summed E-state index contributed by atoms with van der Waals surface area (Å²) in [6, 6.07) is 9.29. The number of benzene rings is 2. The molecular weight excluding hydrogens is 331 g/mol. The minimum absolute atomic E-state index is 0.0984. The van der Waals surface area contributed by atoms with Gasteiger partial charge in [0.25, 0.3) is 11.6 Å². The summed E-state index contributed by atoms with van der Waals surface area (Å²) in [5, 5.41) is 13.5. The number of nitrogens with one attached hydrogen (secondary N) is 1. The van der Waals surface area contributed by atoms with Crippen LogP contribution in [-0.2, 0) is 4.79 Å². The number of nitrogens with zero attached hydrogens (tertiary/aromatic N) is 1. The molecular formula is C17H17FN2O5. The average Bonchev–Trinajstić information content (AvgIpc) is 2.60. The second-order valence-corrected chi connectivity index (χ2v) is 5.22. The normalized spacial score (nSPS) is 11.5. The third-order valence-corrected chi connectivity index (χ3v) is 3.46. The Morgan fingerprint density at radius 2 is 1.92 bits per heavy atom. The number of carbonyl (C=O) groups is 1. The quantitative estimate of drug-likeness (QED) is 0.613. The number of nitro groups is 1. The van der Waals surface area contributed by atoms with Gasteiger partial charge in [0.05, 0.1) is 24.1 Å². The summed E-state index contributed by atoms with van der Waals surface area (Å²) in [6.07, 6.45) is 0. The molecule has 7 nitrogen and oxygen atoms in total. The van der Waals surface area contributed by atoms with Crippen molar-refractivity contribution in [2.45, 2.75) is 13.0 Å². The van der Waals surface area contributed by atoms with Gasteiger partial charge in [-0.1, -0.05) is 12.1 Å². The lowest BCUT2D eigenvalue weighted by Crippen LogP contribution is -2.31. The zero-order chi connectivity index (χ0) is 18.4. The van der Waals surface area contributed by atoms with Crippen molar-refractivity contribution < 1.29 is 23.6 Å². The van der Waals surface area contributed by atoms with E-state index in [0.717, 1.165) is 5.56 Å². The van der Waals surface area contributed by atoms with Crippen molar-refractivity contribution in [3.8, 4) is 11.5 Å². The predicted molar refractivity (Wildman–Crippen MR) is 88.1 cm³/mol. The Morgan fingerprint density at radius 3 is 2.52 bits per heavy atom. The molecule has 0 aromatic heterocycles. The minimum atomic E-state index is -0.566. The maximum absolute atomic E-state index is 12.9. The first kappa shape index (κ1) is 18.2. The highest BCUT2D eigenvalue weighted by Gasteiger charge is 2.15. The van der Waals surface area contributed by atoms with E-state index in [-0.39, 0.29) is 35.7 Å². The van der Waals surface area contributed by atoms with Crippen molar-refractivity contribution in [3.63, 3.8) is 0 Å². The molecule has 0 saturated heterocycles. The van der Waals surface area contributed by atoms with Gasteiger partial charge in [-0.25, -0.2) is 4.39 Å². The molecule has 1 N–H and O–H groups in total. The standard InChI is InChI=1S/C17H17FN2O5/c1-11(12-3-5-13(18)6-4-12)19-17(21)10-25-16-9-14(20(22)23)7-8-15(16)24-2/h3-9,11H,10H2,1-2H3,(H,19,21). The molecule has 0 aliphatic rings. The Hall–Kier alpha value is -3.16. The molecule has 0 bridgehead atoms. The smallest absolute Gasteiger partial charge is 0.273 e. The first-order valence-electron chi connectivity index (χ1n) is 7.40. The van der Waals surface area contributed by atoms with Crippen LogP contribution in [0.15, 0.2) is 42.5 Å². The van der Waals surface area contributed by atoms with E-state index < -0.39 is 10.8 Å². The SMILES string of the molecule is COc1ccc([N+](=O)[O-])cc1OCC(=O)NC(C)c1ccc(F)cc1. The lowest BCUT2D eigenvalue weighted by molar-refractivity contribution is -0.385. The van der Waals surface area contributed by atoms with E-state index in [9.17, 15) is 19.3 Å². The van der Waals surface area contributed by atoms with Crippen molar-refractivity contribution in [1.29, 1.82) is 0 Å². The van der Waals surface area contributed by atoms with E-state index in [1.807, 2.05) is 0 Å². The lowest BCUT2D eigenvalue weighted by Gasteiger charge is -2.15. The molecule has 0 fully saturated rings. The molecule has 2 rings (SSSR count). The molecule has 132 valence electrons. The highest BCUT2D eigenvalue weighted by Crippen LogP contribution is 2.31. The summed E-state index contributed by atoms with van der Waals surface area (Å²) in [5.74, 6) is -0.403. The van der Waals surface area contributed by atoms with Crippen LogP contribution in [0.2, 0.25) is 0 Å². The van der Waals surface area contributed by atoms with E-state index >= 15 is 0 Å². The van der Waals surface area contributed by atoms with Crippen LogP contribution >= 0.6 is 0 Å². The van der Waals surface area contributed by atoms with Crippen LogP contribution in [0.25, 0.3) is 0 Å². The third-order valence-electron chi connectivity index (χ3n) is 3.46. The molecule has 2 aromatic carbocycles. The number of ether oxygens (including phenoxy) is 2. The Bertz CT molecular complexity index is 764. The number of rotatable bonds is 7. The van der Waals surface area contributed by atoms with Gasteiger partial charge >= 0.3 is 0 Å². The van der Waals surface area contributed by atoms with Gasteiger partial charge < -0.3 is 14.8 Å². The molecule has 0 aliphatic carbocycles. The monoisotopic (exact) mass is 348 g/mol. The molecule has 2 aromatic rings. The molecule has 25 heavy (non-hydrogen) atoms. The fourth-order valence-corrected chi connectivity index (χ4v) is 2.15. The van der Waals surface area contributed by atoms with Crippen molar-refractivity contribution in [2.75, 3.05) is 13.7 Å². The molecule has 8 heteroatoms. The van der Waals surface area contributed by atoms with Crippen LogP contribution in [0, 0.1) is 15.9 Å². The first-order valence-corrected chi connectivity index (χ1v) is 7.40. The van der Waals surface area contributed by atoms with Gasteiger partial charge in [0.2, 0.25) is 0 Å². The fourth-order valence-electron chi connectivity index (χ4n) is 2.15. The number of amides is 1. The molecule has 0 saturated carbocycles. The van der Waals surface area contributed by atoms with Crippen LogP contribution < -0.4 is 14.8 Å². The highest BCUT2D eigenvalue weighted by molar-refractivity contribution is 5.78. The van der Waals surface area contributed by atoms with Gasteiger partial charge in [0, 0.05) is 6.07 Å². The Kier molecular flexibility index (Phi) is 5.89. The van der Waals surface area contributed by atoms with Gasteiger partial charge in [-0.3, -0.25) is 14.9 Å². The summed E-state index contributed by atoms with van der Waals surface area (Å²) in [5.41, 5.74) is 0.568. The molecule has 1 unspecified atom stereocenters. The number of hydrogen-bond acceptors (Lipinski definition) is 5. The summed E-state index contributed by atoms with van der Waals surface area (Å²) in [4.78, 5) is 22.3. The van der Waals surface area contributed by atoms with Gasteiger partial charge in [-0.15, -0.1) is 0 Å². The first-order chi connectivity index (χ1) is 11.9. The third kappa shape index (κ3) is 4.90. The van der Waals surface area contributed by atoms with Crippen LogP contribution in [0.3, 0.4) is 0 Å². The summed E-state index contributed by atoms with van der Waals surface area (Å²) < 4.78 is 23.3. The number of methoxy groups -OCH3 is 1. The van der Waals surface area contributed by atoms with Crippen molar-refractivity contribution in [3.05, 3.63) is 64.0 Å². The van der Waals surface area contributed by atoms with Crippen LogP contribution in [-0.4, -0.2) is 24.5 Å². The summed E-state index contributed by atoms with van der Waals surface area (Å²) in [6.45, 7) is 1.40. The van der Waals surface area contributed by atoms with E-state index in [1.54, 1.807) is 19.1 Å². The van der Waals surface area contributed by atoms with E-state index in [2.05, 4.69) is 5.32 Å². The zero-order valence-corrected chi connectivity index (χ0v) is 13.7. The number of halogens is 1. The second kappa shape index (κ2) is 8.09. The molecule has 0 radical (unpaired) electrons. The number of non-ortho nitro benzene ring substituents is 1. The van der Waals surface area contributed by atoms with Gasteiger partial charge in [-0.2, -0.15) is 0 Å². The average molecular weight is 348 g/mol. The Morgan fingerprint density at radius 1 is 1.24 bits per heavy atom. The fraction of sp³-hybridized carbons (Fsp3) is 0.235. The summed E-state index contributed by atoms with van der Waals surface area (Å²) >= 11 is 0. The Labute approximate surface area is 143 Å². The van der Waals surface area contributed by atoms with Crippen molar-refractivity contribution in [1.82, 2.24) is 5.32 Å². The number of carbonyl (C=O) groups excluding carboxylic acids is 1. The van der Waals surface area contributed by atoms with Gasteiger partial charge in [0.15, 0.2) is 18.1 Å². The number of nitro benzene ring substituents is 1. The molecule has 0 aliphatic heterocycles. The molecule has 1 amide bonds. The van der Waals surface area contributed by atoms with Gasteiger partial charge in [-0.05, 0) is 30.7 Å². The lowest BCUT2D eigenvalue weighted by atomic mass is 10.1. The maximum atomic E-state index is 12.9. The van der Waals surface area contributed by atoms with Crippen LogP contribution in [0.5, 0.6) is 11.5 Å². The molecule has 1 atom stereocenters. The van der Waals surface area contributed by atoms with Crippen LogP contribution in [0.1, 0.15) is 18.5 Å². The topological polar surface area (TPSA) is 90.7 Å². The van der Waals surface area contributed by atoms with E-state index in [0.29, 0.717) is 0 Å². The van der Waals surface area contributed by atoms with Crippen molar-refractivity contribution in [2.24, 2.45) is 0 Å². The molecule has 0 spiro atoms. The largest absolute Gasteiger partial charge is 0.493 e. The zero-order valence-electron chi connectivity index (χ0n) is 13.7. The van der Waals surface area contributed by atoms with Crippen LogP contribution in [0.4, 0.5) is 10.1 Å². The maximum Gasteiger partial charge on any atom is 0.273 e. The highest BCUT2D eigenvalue weighted by atomic mass is 19.1. The predicted octanol–water partition coefficient (Wildman–Crippen LogP) is 3.00. The molecule has 0 heterocycles. The van der Waals surface area contributed by atoms with E-state index in [1.165, 1.54) is 37.4 Å². The van der Waals surface area contributed by atoms with Crippen molar-refractivity contribution >= 4 is 11.6 Å². The second-order valence-electron chi connectivity index (χ2n) is 5.22. The summed E-state index contributed by atoms with van der Waals surface area (Å²) in [7, 11) is 1.39.